The fourth-order valence-corrected chi connectivity index (χ4v) is 3.68. The largest absolute Gasteiger partial charge is 0.293 e. The van der Waals surface area contributed by atoms with Gasteiger partial charge in [-0.2, -0.15) is 5.10 Å². The van der Waals surface area contributed by atoms with Crippen molar-refractivity contribution in [2.45, 2.75) is 5.92 Å². The van der Waals surface area contributed by atoms with Gasteiger partial charge < -0.3 is 0 Å². The summed E-state index contributed by atoms with van der Waals surface area (Å²) in [6, 6.07) is 16.0. The molecule has 33 heavy (non-hydrogen) atoms. The van der Waals surface area contributed by atoms with Crippen LogP contribution >= 0.6 is 11.6 Å². The van der Waals surface area contributed by atoms with Gasteiger partial charge in [-0.15, -0.1) is 0 Å². The number of nitro benzene ring substituents is 2. The van der Waals surface area contributed by atoms with Crippen LogP contribution in [0.3, 0.4) is 0 Å². The van der Waals surface area contributed by atoms with E-state index in [1.807, 2.05) is 0 Å². The van der Waals surface area contributed by atoms with Crippen molar-refractivity contribution in [3.8, 4) is 0 Å². The van der Waals surface area contributed by atoms with Gasteiger partial charge in [0.1, 0.15) is 0 Å². The lowest BCUT2D eigenvalue weighted by Crippen LogP contribution is -2.23. The zero-order chi connectivity index (χ0) is 23.7. The number of hydrazone groups is 1. The van der Waals surface area contributed by atoms with Crippen molar-refractivity contribution in [2.75, 3.05) is 0 Å². The average Bonchev–Trinajstić information content (AvgIpc) is 3.09. The number of benzene rings is 3. The number of carbonyl (C=O) groups is 2. The van der Waals surface area contributed by atoms with Crippen molar-refractivity contribution in [1.29, 1.82) is 0 Å². The molecule has 1 amide bonds. The summed E-state index contributed by atoms with van der Waals surface area (Å²) < 4.78 is 0. The van der Waals surface area contributed by atoms with Crippen LogP contribution in [0, 0.1) is 20.2 Å². The Kier molecular flexibility index (Phi) is 5.67. The van der Waals surface area contributed by atoms with E-state index in [9.17, 15) is 29.8 Å². The second kappa shape index (κ2) is 8.60. The van der Waals surface area contributed by atoms with Crippen LogP contribution in [0.4, 0.5) is 11.4 Å². The maximum Gasteiger partial charge on any atom is 0.277 e. The predicted molar refractivity (Wildman–Crippen MR) is 119 cm³/mol. The van der Waals surface area contributed by atoms with Gasteiger partial charge in [-0.05, 0) is 17.7 Å². The molecule has 0 aliphatic heterocycles. The summed E-state index contributed by atoms with van der Waals surface area (Å²) in [6.45, 7) is 0. The van der Waals surface area contributed by atoms with Crippen LogP contribution in [-0.4, -0.2) is 27.2 Å². The summed E-state index contributed by atoms with van der Waals surface area (Å²) in [5, 5.41) is 26.8. The minimum absolute atomic E-state index is 0.216. The van der Waals surface area contributed by atoms with Crippen LogP contribution in [0.15, 0.2) is 71.8 Å². The molecule has 0 aromatic heterocycles. The predicted octanol–water partition coefficient (Wildman–Crippen LogP) is 4.27. The van der Waals surface area contributed by atoms with Gasteiger partial charge in [-0.3, -0.25) is 29.8 Å². The van der Waals surface area contributed by atoms with Gasteiger partial charge in [0, 0.05) is 28.3 Å². The number of carbonyl (C=O) groups excluding carboxylic acids is 2. The zero-order valence-corrected chi connectivity index (χ0v) is 17.4. The van der Waals surface area contributed by atoms with Crippen LogP contribution < -0.4 is 5.43 Å². The van der Waals surface area contributed by atoms with Gasteiger partial charge in [0.05, 0.1) is 33.1 Å². The summed E-state index contributed by atoms with van der Waals surface area (Å²) in [5.74, 6) is -1.92. The van der Waals surface area contributed by atoms with E-state index in [0.29, 0.717) is 21.7 Å². The van der Waals surface area contributed by atoms with Crippen molar-refractivity contribution in [1.82, 2.24) is 5.43 Å². The Hall–Kier alpha value is -4.44. The SMILES string of the molecule is O=C(NN=C1c2ccccc2C(=O)C1c1ccc(Cl)cc1)c1cc([N+](=O)[O-])cc([N+](=O)[O-])c1. The van der Waals surface area contributed by atoms with Gasteiger partial charge >= 0.3 is 0 Å². The molecule has 0 saturated heterocycles. The first kappa shape index (κ1) is 21.8. The quantitative estimate of drug-likeness (QED) is 0.440. The number of hydrogen-bond donors (Lipinski definition) is 1. The maximum absolute atomic E-state index is 13.1. The molecular formula is C22H13ClN4O6. The van der Waals surface area contributed by atoms with E-state index >= 15 is 0 Å². The maximum atomic E-state index is 13.1. The first-order valence-corrected chi connectivity index (χ1v) is 9.85. The molecule has 0 saturated carbocycles. The lowest BCUT2D eigenvalue weighted by Gasteiger charge is -2.11. The number of rotatable bonds is 5. The summed E-state index contributed by atoms with van der Waals surface area (Å²) in [5.41, 5.74) is 2.56. The van der Waals surface area contributed by atoms with Crippen LogP contribution in [0.25, 0.3) is 0 Å². The third-order valence-electron chi connectivity index (χ3n) is 5.07. The van der Waals surface area contributed by atoms with E-state index in [-0.39, 0.29) is 17.1 Å². The molecule has 1 aliphatic rings. The third kappa shape index (κ3) is 4.19. The van der Waals surface area contributed by atoms with Crippen molar-refractivity contribution >= 4 is 40.4 Å². The van der Waals surface area contributed by atoms with Crippen LogP contribution in [-0.2, 0) is 0 Å². The molecule has 1 aliphatic carbocycles. The number of ketones is 1. The molecule has 0 heterocycles. The number of nitrogens with zero attached hydrogens (tertiary/aromatic N) is 3. The number of amides is 1. The molecule has 1 unspecified atom stereocenters. The molecule has 1 N–H and O–H groups in total. The minimum atomic E-state index is -0.902. The van der Waals surface area contributed by atoms with Gasteiger partial charge in [-0.1, -0.05) is 48.0 Å². The van der Waals surface area contributed by atoms with Gasteiger partial charge in [0.25, 0.3) is 17.3 Å². The molecule has 4 rings (SSSR count). The van der Waals surface area contributed by atoms with Crippen LogP contribution in [0.2, 0.25) is 5.02 Å². The zero-order valence-electron chi connectivity index (χ0n) is 16.6. The molecule has 11 heteroatoms. The van der Waals surface area contributed by atoms with E-state index < -0.39 is 33.0 Å². The van der Waals surface area contributed by atoms with E-state index in [0.717, 1.165) is 18.2 Å². The van der Waals surface area contributed by atoms with Crippen molar-refractivity contribution in [3.63, 3.8) is 0 Å². The first-order chi connectivity index (χ1) is 15.8. The number of fused-ring (bicyclic) bond motifs is 1. The molecule has 1 atom stereocenters. The Balaban J connectivity index is 1.73. The molecule has 3 aromatic rings. The number of non-ortho nitro benzene ring substituents is 2. The second-order valence-electron chi connectivity index (χ2n) is 7.08. The average molecular weight is 465 g/mol. The highest BCUT2D eigenvalue weighted by Crippen LogP contribution is 2.35. The summed E-state index contributed by atoms with van der Waals surface area (Å²) in [4.78, 5) is 46.2. The van der Waals surface area contributed by atoms with Crippen LogP contribution in [0.5, 0.6) is 0 Å². The van der Waals surface area contributed by atoms with E-state index in [1.165, 1.54) is 0 Å². The molecule has 10 nitrogen and oxygen atoms in total. The molecule has 3 aromatic carbocycles. The fraction of sp³-hybridized carbons (Fsp3) is 0.0455. The highest BCUT2D eigenvalue weighted by atomic mass is 35.5. The Labute approximate surface area is 190 Å². The summed E-state index contributed by atoms with van der Waals surface area (Å²) in [7, 11) is 0. The highest BCUT2D eigenvalue weighted by Gasteiger charge is 2.38. The van der Waals surface area contributed by atoms with Gasteiger partial charge in [0.2, 0.25) is 0 Å². The summed E-state index contributed by atoms with van der Waals surface area (Å²) >= 11 is 5.95. The topological polar surface area (TPSA) is 145 Å². The number of nitro groups is 2. The fourth-order valence-electron chi connectivity index (χ4n) is 3.56. The first-order valence-electron chi connectivity index (χ1n) is 9.47. The molecule has 164 valence electrons. The van der Waals surface area contributed by atoms with Gasteiger partial charge in [0.15, 0.2) is 5.78 Å². The molecule has 0 spiro atoms. The van der Waals surface area contributed by atoms with E-state index in [1.54, 1.807) is 48.5 Å². The van der Waals surface area contributed by atoms with Crippen molar-refractivity contribution < 1.29 is 19.4 Å². The number of halogens is 1. The monoisotopic (exact) mass is 464 g/mol. The Bertz CT molecular complexity index is 1320. The normalized spacial score (nSPS) is 15.8. The molecule has 0 fully saturated rings. The minimum Gasteiger partial charge on any atom is -0.293 e. The lowest BCUT2D eigenvalue weighted by atomic mass is 9.94. The number of nitrogens with one attached hydrogen (secondary N) is 1. The van der Waals surface area contributed by atoms with Crippen LogP contribution in [0.1, 0.15) is 37.8 Å². The summed E-state index contributed by atoms with van der Waals surface area (Å²) in [6.07, 6.45) is 0. The van der Waals surface area contributed by atoms with Crippen molar-refractivity contribution in [3.05, 3.63) is 114 Å². The smallest absolute Gasteiger partial charge is 0.277 e. The molecular weight excluding hydrogens is 452 g/mol. The molecule has 0 bridgehead atoms. The Morgan fingerprint density at radius 3 is 2.06 bits per heavy atom. The standard InChI is InChI=1S/C22H13ClN4O6/c23-14-7-5-12(6-8-14)19-20(17-3-1-2-4-18(17)21(19)28)24-25-22(29)13-9-15(26(30)31)11-16(10-13)27(32)33/h1-11,19H,(H,25,29). The van der Waals surface area contributed by atoms with E-state index in [4.69, 9.17) is 11.6 Å². The number of hydrogen-bond acceptors (Lipinski definition) is 7. The van der Waals surface area contributed by atoms with Gasteiger partial charge in [-0.25, -0.2) is 5.43 Å². The lowest BCUT2D eigenvalue weighted by molar-refractivity contribution is -0.394. The third-order valence-corrected chi connectivity index (χ3v) is 5.32. The Morgan fingerprint density at radius 2 is 1.48 bits per heavy atom. The Morgan fingerprint density at radius 1 is 0.909 bits per heavy atom. The highest BCUT2D eigenvalue weighted by molar-refractivity contribution is 6.32. The molecule has 0 radical (unpaired) electrons. The van der Waals surface area contributed by atoms with E-state index in [2.05, 4.69) is 10.5 Å². The number of Topliss-reactive ketones (excluding diaryl/α,β-unsaturated/α-hetero) is 1. The second-order valence-corrected chi connectivity index (χ2v) is 7.52. The van der Waals surface area contributed by atoms with Crippen molar-refractivity contribution in [2.24, 2.45) is 5.10 Å².